The van der Waals surface area contributed by atoms with Crippen LogP contribution in [0.1, 0.15) is 5.56 Å². The van der Waals surface area contributed by atoms with Gasteiger partial charge in [0.25, 0.3) is 11.5 Å². The predicted molar refractivity (Wildman–Crippen MR) is 87.5 cm³/mol. The van der Waals surface area contributed by atoms with E-state index in [1.165, 1.54) is 12.1 Å². The van der Waals surface area contributed by atoms with E-state index in [0.717, 1.165) is 37.6 Å². The third-order valence-electron chi connectivity index (χ3n) is 3.74. The first-order valence-corrected chi connectivity index (χ1v) is 7.47. The number of piperazine rings is 1. The highest BCUT2D eigenvalue weighted by Crippen LogP contribution is 2.13. The second-order valence-electron chi connectivity index (χ2n) is 5.29. The monoisotopic (exact) mass is 312 g/mol. The van der Waals surface area contributed by atoms with E-state index in [0.29, 0.717) is 0 Å². The van der Waals surface area contributed by atoms with Crippen LogP contribution in [-0.4, -0.2) is 42.3 Å². The Labute approximate surface area is 134 Å². The Bertz CT molecular complexity index is 697. The summed E-state index contributed by atoms with van der Waals surface area (Å²) in [5.41, 5.74) is 0.816. The highest BCUT2D eigenvalue weighted by atomic mass is 16.6. The molecular formula is C16H18N5O2+. The lowest BCUT2D eigenvalue weighted by atomic mass is 10.2. The normalized spacial score (nSPS) is 15.1. The van der Waals surface area contributed by atoms with Crippen molar-refractivity contribution < 1.29 is 9.91 Å². The van der Waals surface area contributed by atoms with Gasteiger partial charge in [0.05, 0.1) is 30.4 Å². The molecule has 0 bridgehead atoms. The van der Waals surface area contributed by atoms with Crippen LogP contribution in [0.3, 0.4) is 0 Å². The number of H-pyrrole nitrogens is 1. The van der Waals surface area contributed by atoms with E-state index >= 15 is 0 Å². The number of benzene rings is 1. The number of aromatic amines is 1. The van der Waals surface area contributed by atoms with Crippen molar-refractivity contribution in [1.29, 1.82) is 0 Å². The molecule has 0 unspecified atom stereocenters. The van der Waals surface area contributed by atoms with Gasteiger partial charge in [-0.25, -0.2) is 4.98 Å². The number of pyridine rings is 1. The van der Waals surface area contributed by atoms with Crippen molar-refractivity contribution in [2.75, 3.05) is 31.1 Å². The number of hydrogen-bond acceptors (Lipinski definition) is 5. The highest BCUT2D eigenvalue weighted by molar-refractivity contribution is 5.80. The lowest BCUT2D eigenvalue weighted by molar-refractivity contribution is -0.384. The molecule has 23 heavy (non-hydrogen) atoms. The van der Waals surface area contributed by atoms with Gasteiger partial charge in [0.1, 0.15) is 13.1 Å². The van der Waals surface area contributed by atoms with Crippen LogP contribution in [-0.2, 0) is 0 Å². The molecule has 0 saturated carbocycles. The molecule has 1 aromatic heterocycles. The van der Waals surface area contributed by atoms with E-state index in [9.17, 15) is 10.1 Å². The Kier molecular flexibility index (Phi) is 4.46. The average Bonchev–Trinajstić information content (AvgIpc) is 2.61. The molecule has 7 nitrogen and oxygen atoms in total. The molecule has 1 N–H and O–H groups in total. The van der Waals surface area contributed by atoms with Crippen molar-refractivity contribution in [2.45, 2.75) is 0 Å². The summed E-state index contributed by atoms with van der Waals surface area (Å²) in [6.45, 7) is 3.39. The van der Waals surface area contributed by atoms with Crippen molar-refractivity contribution in [2.24, 2.45) is 5.10 Å². The fourth-order valence-corrected chi connectivity index (χ4v) is 2.50. The number of nitro benzene ring substituents is 1. The Hall–Kier alpha value is -2.96. The lowest BCUT2D eigenvalue weighted by Gasteiger charge is -2.28. The number of aromatic nitrogens is 1. The standard InChI is InChI=1S/C16H17N5O2/c22-21(23)15-5-3-4-14(12-15)13-18-20-10-8-19(9-11-20)16-6-1-2-7-17-16/h1-7,12-13H,8-11H2/p+1. The summed E-state index contributed by atoms with van der Waals surface area (Å²) in [7, 11) is 0. The van der Waals surface area contributed by atoms with Crippen LogP contribution in [0.4, 0.5) is 11.5 Å². The number of nitrogens with zero attached hydrogens (tertiary/aromatic N) is 4. The molecule has 2 heterocycles. The minimum absolute atomic E-state index is 0.0818. The van der Waals surface area contributed by atoms with Crippen LogP contribution in [0, 0.1) is 10.1 Å². The van der Waals surface area contributed by atoms with Gasteiger partial charge in [-0.2, -0.15) is 5.10 Å². The SMILES string of the molecule is O=[N+]([O-])c1cccc(C=NN2CCN(c3cccc[nH+]3)CC2)c1. The van der Waals surface area contributed by atoms with Crippen LogP contribution in [0.5, 0.6) is 0 Å². The summed E-state index contributed by atoms with van der Waals surface area (Å²) >= 11 is 0. The van der Waals surface area contributed by atoms with Gasteiger partial charge in [-0.3, -0.25) is 20.0 Å². The van der Waals surface area contributed by atoms with Gasteiger partial charge in [0, 0.05) is 23.8 Å². The van der Waals surface area contributed by atoms with Crippen LogP contribution >= 0.6 is 0 Å². The molecule has 1 aromatic carbocycles. The quantitative estimate of drug-likeness (QED) is 0.488. The van der Waals surface area contributed by atoms with Gasteiger partial charge >= 0.3 is 0 Å². The topological polar surface area (TPSA) is 76.1 Å². The number of hydrogen-bond donors (Lipinski definition) is 0. The minimum atomic E-state index is -0.396. The largest absolute Gasteiger partial charge is 0.289 e. The van der Waals surface area contributed by atoms with Crippen LogP contribution in [0.2, 0.25) is 0 Å². The summed E-state index contributed by atoms with van der Waals surface area (Å²) in [4.78, 5) is 15.9. The van der Waals surface area contributed by atoms with Crippen LogP contribution in [0.15, 0.2) is 53.8 Å². The van der Waals surface area contributed by atoms with Crippen molar-refractivity contribution >= 4 is 17.7 Å². The number of rotatable bonds is 4. The molecule has 0 spiro atoms. The molecule has 0 amide bonds. The van der Waals surface area contributed by atoms with Gasteiger partial charge in [-0.05, 0) is 6.07 Å². The zero-order valence-corrected chi connectivity index (χ0v) is 12.6. The first-order valence-electron chi connectivity index (χ1n) is 7.47. The molecule has 2 aromatic rings. The van der Waals surface area contributed by atoms with E-state index in [4.69, 9.17) is 0 Å². The molecule has 1 aliphatic heterocycles. The number of nitrogens with one attached hydrogen (secondary N) is 1. The van der Waals surface area contributed by atoms with Gasteiger partial charge in [0.15, 0.2) is 0 Å². The zero-order chi connectivity index (χ0) is 16.1. The number of non-ortho nitro benzene ring substituents is 1. The lowest BCUT2D eigenvalue weighted by Crippen LogP contribution is -2.45. The van der Waals surface area contributed by atoms with E-state index in [-0.39, 0.29) is 5.69 Å². The summed E-state index contributed by atoms with van der Waals surface area (Å²) in [5.74, 6) is 1.11. The van der Waals surface area contributed by atoms with Crippen molar-refractivity contribution in [1.82, 2.24) is 5.01 Å². The first-order chi connectivity index (χ1) is 11.2. The number of hydrazone groups is 1. The Balaban J connectivity index is 1.58. The van der Waals surface area contributed by atoms with Gasteiger partial charge in [-0.1, -0.05) is 18.2 Å². The van der Waals surface area contributed by atoms with E-state index in [1.54, 1.807) is 12.3 Å². The molecular weight excluding hydrogens is 294 g/mol. The Morgan fingerprint density at radius 2 is 1.96 bits per heavy atom. The summed E-state index contributed by atoms with van der Waals surface area (Å²) in [5, 5.41) is 17.2. The molecule has 118 valence electrons. The maximum atomic E-state index is 10.8. The van der Waals surface area contributed by atoms with Crippen LogP contribution in [0.25, 0.3) is 0 Å². The van der Waals surface area contributed by atoms with E-state index in [2.05, 4.69) is 21.1 Å². The third-order valence-corrected chi connectivity index (χ3v) is 3.74. The van der Waals surface area contributed by atoms with Crippen molar-refractivity contribution in [3.63, 3.8) is 0 Å². The summed E-state index contributed by atoms with van der Waals surface area (Å²) in [6.07, 6.45) is 3.60. The summed E-state index contributed by atoms with van der Waals surface area (Å²) < 4.78 is 0. The molecule has 1 aliphatic rings. The third kappa shape index (κ3) is 3.82. The average molecular weight is 312 g/mol. The molecule has 1 saturated heterocycles. The van der Waals surface area contributed by atoms with Gasteiger partial charge in [-0.15, -0.1) is 0 Å². The molecule has 0 atom stereocenters. The predicted octanol–water partition coefficient (Wildman–Crippen LogP) is 1.56. The van der Waals surface area contributed by atoms with Crippen LogP contribution < -0.4 is 9.88 Å². The first kappa shape index (κ1) is 15.0. The van der Waals surface area contributed by atoms with E-state index in [1.807, 2.05) is 29.4 Å². The second-order valence-corrected chi connectivity index (χ2v) is 5.29. The zero-order valence-electron chi connectivity index (χ0n) is 12.6. The minimum Gasteiger partial charge on any atom is -0.289 e. The highest BCUT2D eigenvalue weighted by Gasteiger charge is 2.21. The molecule has 7 heteroatoms. The molecule has 0 radical (unpaired) electrons. The number of nitro groups is 1. The number of anilines is 1. The smallest absolute Gasteiger partial charge is 0.274 e. The molecule has 1 fully saturated rings. The van der Waals surface area contributed by atoms with Crippen molar-refractivity contribution in [3.8, 4) is 0 Å². The fourth-order valence-electron chi connectivity index (χ4n) is 2.50. The Morgan fingerprint density at radius 1 is 1.13 bits per heavy atom. The van der Waals surface area contributed by atoms with Gasteiger partial charge in [0.2, 0.25) is 0 Å². The molecule has 0 aliphatic carbocycles. The maximum absolute atomic E-state index is 10.8. The van der Waals surface area contributed by atoms with E-state index < -0.39 is 4.92 Å². The second kappa shape index (κ2) is 6.87. The fraction of sp³-hybridized carbons (Fsp3) is 0.250. The summed E-state index contributed by atoms with van der Waals surface area (Å²) in [6, 6.07) is 12.5. The van der Waals surface area contributed by atoms with Crippen molar-refractivity contribution in [3.05, 3.63) is 64.3 Å². The van der Waals surface area contributed by atoms with Gasteiger partial charge < -0.3 is 0 Å². The molecule has 3 rings (SSSR count). The Morgan fingerprint density at radius 3 is 2.65 bits per heavy atom. The maximum Gasteiger partial charge on any atom is 0.274 e.